The Balaban J connectivity index is 2.48. The van der Waals surface area contributed by atoms with E-state index >= 15 is 0 Å². The van der Waals surface area contributed by atoms with Gasteiger partial charge in [0.2, 0.25) is 0 Å². The van der Waals surface area contributed by atoms with Crippen molar-refractivity contribution >= 4 is 5.97 Å². The van der Waals surface area contributed by atoms with Crippen molar-refractivity contribution in [2.24, 2.45) is 0 Å². The fourth-order valence-electron chi connectivity index (χ4n) is 1.43. The van der Waals surface area contributed by atoms with Gasteiger partial charge in [-0.15, -0.1) is 0 Å². The highest BCUT2D eigenvalue weighted by molar-refractivity contribution is 5.87. The van der Waals surface area contributed by atoms with Crippen LogP contribution in [0.2, 0.25) is 0 Å². The Morgan fingerprint density at radius 3 is 2.67 bits per heavy atom. The van der Waals surface area contributed by atoms with Gasteiger partial charge in [0, 0.05) is 19.1 Å². The number of hydrogen-bond donors (Lipinski definition) is 0. The molecule has 86 valence electrons. The molecule has 2 atom stereocenters. The van der Waals surface area contributed by atoms with Gasteiger partial charge in [0.1, 0.15) is 5.60 Å². The first-order chi connectivity index (χ1) is 6.97. The van der Waals surface area contributed by atoms with Crippen LogP contribution in [0.3, 0.4) is 0 Å². The van der Waals surface area contributed by atoms with E-state index in [0.717, 1.165) is 12.8 Å². The number of esters is 1. The number of ether oxygens (including phenoxy) is 3. The second-order valence-electron chi connectivity index (χ2n) is 4.13. The Bertz CT molecular complexity index is 251. The summed E-state index contributed by atoms with van der Waals surface area (Å²) in [6.45, 7) is 7.40. The molecule has 0 bridgehead atoms. The first kappa shape index (κ1) is 12.2. The van der Waals surface area contributed by atoms with Crippen molar-refractivity contribution in [3.05, 3.63) is 12.2 Å². The highest BCUT2D eigenvalue weighted by Gasteiger charge is 2.35. The third-order valence-corrected chi connectivity index (χ3v) is 2.43. The molecule has 15 heavy (non-hydrogen) atoms. The molecular formula is C11H18O4. The van der Waals surface area contributed by atoms with E-state index in [1.165, 1.54) is 0 Å². The van der Waals surface area contributed by atoms with Crippen LogP contribution in [-0.2, 0) is 19.0 Å². The van der Waals surface area contributed by atoms with Crippen molar-refractivity contribution in [3.8, 4) is 0 Å². The maximum absolute atomic E-state index is 11.4. The van der Waals surface area contributed by atoms with Crippen molar-refractivity contribution in [1.82, 2.24) is 0 Å². The summed E-state index contributed by atoms with van der Waals surface area (Å²) in [5, 5.41) is 0. The average Bonchev–Trinajstić information content (AvgIpc) is 2.18. The van der Waals surface area contributed by atoms with Crippen LogP contribution < -0.4 is 0 Å². The largest absolute Gasteiger partial charge is 0.454 e. The van der Waals surface area contributed by atoms with E-state index in [0.29, 0.717) is 12.2 Å². The van der Waals surface area contributed by atoms with Crippen LogP contribution in [0.5, 0.6) is 0 Å². The first-order valence-electron chi connectivity index (χ1n) is 5.00. The van der Waals surface area contributed by atoms with Crippen molar-refractivity contribution in [2.45, 2.75) is 38.6 Å². The molecule has 1 rings (SSSR count). The van der Waals surface area contributed by atoms with Crippen LogP contribution in [0.1, 0.15) is 26.7 Å². The molecule has 0 aliphatic carbocycles. The summed E-state index contributed by atoms with van der Waals surface area (Å²) >= 11 is 0. The summed E-state index contributed by atoms with van der Waals surface area (Å²) in [5.74, 6) is -0.364. The molecule has 4 heteroatoms. The fraction of sp³-hybridized carbons (Fsp3) is 0.727. The van der Waals surface area contributed by atoms with Gasteiger partial charge in [0.15, 0.2) is 6.29 Å². The molecule has 0 aromatic rings. The predicted molar refractivity (Wildman–Crippen MR) is 55.3 cm³/mol. The zero-order valence-corrected chi connectivity index (χ0v) is 9.54. The maximum atomic E-state index is 11.4. The smallest absolute Gasteiger partial charge is 0.333 e. The zero-order valence-electron chi connectivity index (χ0n) is 9.54. The Morgan fingerprint density at radius 1 is 1.60 bits per heavy atom. The number of hydrogen-bond acceptors (Lipinski definition) is 4. The molecule has 0 aromatic carbocycles. The van der Waals surface area contributed by atoms with Gasteiger partial charge in [-0.05, 0) is 20.3 Å². The van der Waals surface area contributed by atoms with Crippen LogP contribution in [0, 0.1) is 0 Å². The third-order valence-electron chi connectivity index (χ3n) is 2.43. The van der Waals surface area contributed by atoms with E-state index < -0.39 is 5.60 Å². The zero-order chi connectivity index (χ0) is 11.5. The summed E-state index contributed by atoms with van der Waals surface area (Å²) in [6, 6.07) is 0. The van der Waals surface area contributed by atoms with E-state index in [4.69, 9.17) is 14.2 Å². The summed E-state index contributed by atoms with van der Waals surface area (Å²) < 4.78 is 15.8. The van der Waals surface area contributed by atoms with E-state index in [9.17, 15) is 4.79 Å². The highest BCUT2D eigenvalue weighted by atomic mass is 16.7. The Hall–Kier alpha value is -0.870. The standard InChI is InChI=1S/C11H18O4/c1-8(2)10(12)15-11(3)6-5-9(13-4)14-7-11/h9H,1,5-7H2,2-4H3. The summed E-state index contributed by atoms with van der Waals surface area (Å²) in [4.78, 5) is 11.4. The van der Waals surface area contributed by atoms with Gasteiger partial charge < -0.3 is 14.2 Å². The molecule has 1 aliphatic rings. The van der Waals surface area contributed by atoms with Gasteiger partial charge in [0.25, 0.3) is 0 Å². The van der Waals surface area contributed by atoms with Crippen molar-refractivity contribution in [1.29, 1.82) is 0 Å². The number of carbonyl (C=O) groups is 1. The first-order valence-corrected chi connectivity index (χ1v) is 5.00. The van der Waals surface area contributed by atoms with Gasteiger partial charge in [-0.3, -0.25) is 0 Å². The second kappa shape index (κ2) is 4.77. The van der Waals surface area contributed by atoms with Gasteiger partial charge in [-0.25, -0.2) is 4.79 Å². The van der Waals surface area contributed by atoms with E-state index in [-0.39, 0.29) is 12.3 Å². The van der Waals surface area contributed by atoms with Gasteiger partial charge in [0.05, 0.1) is 6.61 Å². The quantitative estimate of drug-likeness (QED) is 0.529. The van der Waals surface area contributed by atoms with Crippen molar-refractivity contribution in [3.63, 3.8) is 0 Å². The molecule has 1 aliphatic heterocycles. The van der Waals surface area contributed by atoms with Crippen molar-refractivity contribution < 1.29 is 19.0 Å². The molecule has 1 saturated heterocycles. The topological polar surface area (TPSA) is 44.8 Å². The van der Waals surface area contributed by atoms with Gasteiger partial charge >= 0.3 is 5.97 Å². The van der Waals surface area contributed by atoms with Crippen molar-refractivity contribution in [2.75, 3.05) is 13.7 Å². The number of carbonyl (C=O) groups excluding carboxylic acids is 1. The van der Waals surface area contributed by atoms with Crippen LogP contribution in [0.4, 0.5) is 0 Å². The van der Waals surface area contributed by atoms with Crippen LogP contribution >= 0.6 is 0 Å². The van der Waals surface area contributed by atoms with Gasteiger partial charge in [-0.2, -0.15) is 0 Å². The monoisotopic (exact) mass is 214 g/mol. The average molecular weight is 214 g/mol. The number of methoxy groups -OCH3 is 1. The minimum Gasteiger partial charge on any atom is -0.454 e. The SMILES string of the molecule is C=C(C)C(=O)OC1(C)CCC(OC)OC1. The van der Waals surface area contributed by atoms with Crippen LogP contribution in [-0.4, -0.2) is 31.6 Å². The van der Waals surface area contributed by atoms with E-state index in [1.54, 1.807) is 14.0 Å². The normalized spacial score (nSPS) is 31.0. The lowest BCUT2D eigenvalue weighted by Gasteiger charge is -2.36. The summed E-state index contributed by atoms with van der Waals surface area (Å²) in [6.07, 6.45) is 1.29. The Morgan fingerprint density at radius 2 is 2.27 bits per heavy atom. The van der Waals surface area contributed by atoms with Crippen LogP contribution in [0.15, 0.2) is 12.2 Å². The lowest BCUT2D eigenvalue weighted by molar-refractivity contribution is -0.212. The van der Waals surface area contributed by atoms with Crippen LogP contribution in [0.25, 0.3) is 0 Å². The Kier molecular flexibility index (Phi) is 3.88. The number of rotatable bonds is 3. The fourth-order valence-corrected chi connectivity index (χ4v) is 1.43. The predicted octanol–water partition coefficient (Wildman–Crippen LogP) is 1.65. The molecule has 2 unspecified atom stereocenters. The Labute approximate surface area is 90.2 Å². The summed E-state index contributed by atoms with van der Waals surface area (Å²) in [7, 11) is 1.60. The lowest BCUT2D eigenvalue weighted by Crippen LogP contribution is -2.43. The third kappa shape index (κ3) is 3.32. The molecule has 0 aromatic heterocycles. The molecule has 1 heterocycles. The minimum absolute atomic E-state index is 0.179. The molecule has 0 radical (unpaired) electrons. The molecule has 4 nitrogen and oxygen atoms in total. The molecule has 0 amide bonds. The lowest BCUT2D eigenvalue weighted by atomic mass is 9.98. The van der Waals surface area contributed by atoms with Gasteiger partial charge in [-0.1, -0.05) is 6.58 Å². The molecule has 0 N–H and O–H groups in total. The van der Waals surface area contributed by atoms with E-state index in [1.807, 2.05) is 6.92 Å². The molecular weight excluding hydrogens is 196 g/mol. The van der Waals surface area contributed by atoms with E-state index in [2.05, 4.69) is 6.58 Å². The maximum Gasteiger partial charge on any atom is 0.333 e. The summed E-state index contributed by atoms with van der Waals surface area (Å²) in [5.41, 5.74) is -0.143. The molecule has 1 fully saturated rings. The second-order valence-corrected chi connectivity index (χ2v) is 4.13. The molecule has 0 spiro atoms. The minimum atomic E-state index is -0.551. The molecule has 0 saturated carbocycles. The highest BCUT2D eigenvalue weighted by Crippen LogP contribution is 2.27.